The monoisotopic (exact) mass is 244 g/mol. The highest BCUT2D eigenvalue weighted by atomic mass is 16.5. The first kappa shape index (κ1) is 12.3. The van der Waals surface area contributed by atoms with Gasteiger partial charge in [0.15, 0.2) is 0 Å². The number of rotatable bonds is 5. The lowest BCUT2D eigenvalue weighted by atomic mass is 10.1. The number of para-hydroxylation sites is 1. The smallest absolute Gasteiger partial charge is 0.119 e. The lowest BCUT2D eigenvalue weighted by Gasteiger charge is -2.08. The molecule has 94 valence electrons. The van der Waals surface area contributed by atoms with Crippen LogP contribution in [0.1, 0.15) is 5.56 Å². The fourth-order valence-corrected chi connectivity index (χ4v) is 1.67. The first-order valence-corrected chi connectivity index (χ1v) is 5.83. The highest BCUT2D eigenvalue weighted by Gasteiger charge is 2.00. The van der Waals surface area contributed by atoms with E-state index in [0.717, 1.165) is 17.1 Å². The average Bonchev–Trinajstić information content (AvgIpc) is 2.42. The van der Waals surface area contributed by atoms with Crippen LogP contribution in [-0.4, -0.2) is 18.8 Å². The number of hydrogen-bond donors (Lipinski definition) is 1. The minimum atomic E-state index is 0.316. The zero-order valence-electron chi connectivity index (χ0n) is 10.3. The van der Waals surface area contributed by atoms with Crippen molar-refractivity contribution in [1.29, 1.82) is 0 Å². The molecule has 0 unspecified atom stereocenters. The van der Waals surface area contributed by atoms with Gasteiger partial charge in [-0.15, -0.1) is 0 Å². The third-order valence-electron chi connectivity index (χ3n) is 2.69. The molecule has 0 heterocycles. The van der Waals surface area contributed by atoms with E-state index in [4.69, 9.17) is 9.47 Å². The molecular weight excluding hydrogens is 228 g/mol. The van der Waals surface area contributed by atoms with E-state index in [1.165, 1.54) is 0 Å². The van der Waals surface area contributed by atoms with Gasteiger partial charge in [-0.25, -0.2) is 0 Å². The molecule has 2 rings (SSSR count). The molecule has 0 aliphatic carbocycles. The zero-order valence-corrected chi connectivity index (χ0v) is 10.3. The Morgan fingerprint density at radius 1 is 0.944 bits per heavy atom. The molecule has 0 amide bonds. The number of aromatic hydroxyl groups is 1. The summed E-state index contributed by atoms with van der Waals surface area (Å²) in [7, 11) is 1.63. The first-order valence-electron chi connectivity index (χ1n) is 5.83. The van der Waals surface area contributed by atoms with Crippen molar-refractivity contribution < 1.29 is 14.6 Å². The molecule has 18 heavy (non-hydrogen) atoms. The molecule has 1 N–H and O–H groups in total. The SMILES string of the molecule is COc1ccc(OCCc2ccccc2O)cc1. The van der Waals surface area contributed by atoms with Crippen LogP contribution in [-0.2, 0) is 6.42 Å². The molecule has 0 spiro atoms. The Labute approximate surface area is 107 Å². The molecule has 0 bridgehead atoms. The van der Waals surface area contributed by atoms with Gasteiger partial charge < -0.3 is 14.6 Å². The van der Waals surface area contributed by atoms with Crippen molar-refractivity contribution in [2.75, 3.05) is 13.7 Å². The van der Waals surface area contributed by atoms with Gasteiger partial charge in [0.1, 0.15) is 17.2 Å². The van der Waals surface area contributed by atoms with Gasteiger partial charge in [-0.05, 0) is 35.9 Å². The number of hydrogen-bond acceptors (Lipinski definition) is 3. The van der Waals surface area contributed by atoms with E-state index in [2.05, 4.69) is 0 Å². The summed E-state index contributed by atoms with van der Waals surface area (Å²) in [6.45, 7) is 0.532. The van der Waals surface area contributed by atoms with Crippen molar-refractivity contribution in [2.24, 2.45) is 0 Å². The Morgan fingerprint density at radius 2 is 1.61 bits per heavy atom. The van der Waals surface area contributed by atoms with Gasteiger partial charge >= 0.3 is 0 Å². The molecule has 0 saturated heterocycles. The number of benzene rings is 2. The molecule has 0 aliphatic heterocycles. The Bertz CT molecular complexity index is 491. The summed E-state index contributed by atoms with van der Waals surface area (Å²) in [5, 5.41) is 9.60. The molecule has 2 aromatic rings. The number of methoxy groups -OCH3 is 1. The molecular formula is C15H16O3. The normalized spacial score (nSPS) is 10.1. The van der Waals surface area contributed by atoms with Crippen LogP contribution in [0.5, 0.6) is 17.2 Å². The number of ether oxygens (including phenoxy) is 2. The van der Waals surface area contributed by atoms with E-state index < -0.39 is 0 Å². The predicted octanol–water partition coefficient (Wildman–Crippen LogP) is 3.02. The van der Waals surface area contributed by atoms with Gasteiger partial charge in [0.2, 0.25) is 0 Å². The van der Waals surface area contributed by atoms with Gasteiger partial charge in [0.25, 0.3) is 0 Å². The van der Waals surface area contributed by atoms with Crippen LogP contribution >= 0.6 is 0 Å². The molecule has 3 nitrogen and oxygen atoms in total. The summed E-state index contributed by atoms with van der Waals surface area (Å²) >= 11 is 0. The van der Waals surface area contributed by atoms with Gasteiger partial charge in [0.05, 0.1) is 13.7 Å². The molecule has 0 saturated carbocycles. The summed E-state index contributed by atoms with van der Waals surface area (Å²) in [5.74, 6) is 1.92. The van der Waals surface area contributed by atoms with Crippen LogP contribution in [0.15, 0.2) is 48.5 Å². The van der Waals surface area contributed by atoms with Crippen molar-refractivity contribution in [3.63, 3.8) is 0 Å². The van der Waals surface area contributed by atoms with E-state index in [-0.39, 0.29) is 0 Å². The maximum Gasteiger partial charge on any atom is 0.119 e. The molecule has 2 aromatic carbocycles. The van der Waals surface area contributed by atoms with Crippen molar-refractivity contribution >= 4 is 0 Å². The van der Waals surface area contributed by atoms with Crippen molar-refractivity contribution in [3.05, 3.63) is 54.1 Å². The molecule has 0 radical (unpaired) electrons. The fraction of sp³-hybridized carbons (Fsp3) is 0.200. The third kappa shape index (κ3) is 3.17. The van der Waals surface area contributed by atoms with E-state index in [9.17, 15) is 5.11 Å². The van der Waals surface area contributed by atoms with Gasteiger partial charge in [-0.2, -0.15) is 0 Å². The average molecular weight is 244 g/mol. The summed E-state index contributed by atoms with van der Waals surface area (Å²) in [4.78, 5) is 0. The van der Waals surface area contributed by atoms with Gasteiger partial charge in [-0.3, -0.25) is 0 Å². The second-order valence-electron chi connectivity index (χ2n) is 3.90. The predicted molar refractivity (Wildman–Crippen MR) is 70.3 cm³/mol. The van der Waals surface area contributed by atoms with E-state index in [1.54, 1.807) is 13.2 Å². The lowest BCUT2D eigenvalue weighted by molar-refractivity contribution is 0.318. The maximum atomic E-state index is 9.60. The second-order valence-corrected chi connectivity index (χ2v) is 3.90. The Hall–Kier alpha value is -2.16. The summed E-state index contributed by atoms with van der Waals surface area (Å²) in [6, 6.07) is 14.7. The molecule has 0 fully saturated rings. The van der Waals surface area contributed by atoms with E-state index >= 15 is 0 Å². The Kier molecular flexibility index (Phi) is 4.07. The maximum absolute atomic E-state index is 9.60. The number of phenolic OH excluding ortho intramolecular Hbond substituents is 1. The van der Waals surface area contributed by atoms with Crippen LogP contribution in [0.25, 0.3) is 0 Å². The number of phenols is 1. The van der Waals surface area contributed by atoms with E-state index in [1.807, 2.05) is 42.5 Å². The third-order valence-corrected chi connectivity index (χ3v) is 2.69. The second kappa shape index (κ2) is 5.96. The van der Waals surface area contributed by atoms with Crippen LogP contribution in [0, 0.1) is 0 Å². The van der Waals surface area contributed by atoms with Gasteiger partial charge in [-0.1, -0.05) is 18.2 Å². The van der Waals surface area contributed by atoms with Crippen molar-refractivity contribution in [2.45, 2.75) is 6.42 Å². The highest BCUT2D eigenvalue weighted by Crippen LogP contribution is 2.19. The summed E-state index contributed by atoms with van der Waals surface area (Å²) in [5.41, 5.74) is 0.894. The lowest BCUT2D eigenvalue weighted by Crippen LogP contribution is -2.01. The zero-order chi connectivity index (χ0) is 12.8. The molecule has 0 aromatic heterocycles. The highest BCUT2D eigenvalue weighted by molar-refractivity contribution is 5.33. The summed E-state index contributed by atoms with van der Waals surface area (Å²) in [6.07, 6.45) is 0.679. The van der Waals surface area contributed by atoms with Crippen LogP contribution in [0.3, 0.4) is 0 Å². The van der Waals surface area contributed by atoms with Crippen molar-refractivity contribution in [3.8, 4) is 17.2 Å². The minimum absolute atomic E-state index is 0.316. The topological polar surface area (TPSA) is 38.7 Å². The van der Waals surface area contributed by atoms with Crippen molar-refractivity contribution in [1.82, 2.24) is 0 Å². The molecule has 0 aliphatic rings. The standard InChI is InChI=1S/C15H16O3/c1-17-13-6-8-14(9-7-13)18-11-10-12-4-2-3-5-15(12)16/h2-9,16H,10-11H2,1H3. The van der Waals surface area contributed by atoms with E-state index in [0.29, 0.717) is 18.8 Å². The molecule has 3 heteroatoms. The Morgan fingerprint density at radius 3 is 2.28 bits per heavy atom. The Balaban J connectivity index is 1.86. The molecule has 0 atom stereocenters. The fourth-order valence-electron chi connectivity index (χ4n) is 1.67. The van der Waals surface area contributed by atoms with Crippen LogP contribution in [0.4, 0.5) is 0 Å². The summed E-state index contributed by atoms with van der Waals surface area (Å²) < 4.78 is 10.7. The van der Waals surface area contributed by atoms with Crippen LogP contribution in [0.2, 0.25) is 0 Å². The quantitative estimate of drug-likeness (QED) is 0.878. The first-order chi connectivity index (χ1) is 8.79. The van der Waals surface area contributed by atoms with Gasteiger partial charge in [0, 0.05) is 6.42 Å². The largest absolute Gasteiger partial charge is 0.508 e. The van der Waals surface area contributed by atoms with Crippen LogP contribution < -0.4 is 9.47 Å². The minimum Gasteiger partial charge on any atom is -0.508 e.